The molecule has 1 fully saturated rings. The van der Waals surface area contributed by atoms with Gasteiger partial charge in [-0.2, -0.15) is 10.2 Å². The molecule has 0 aliphatic carbocycles. The van der Waals surface area contributed by atoms with Gasteiger partial charge in [0.2, 0.25) is 0 Å². The first-order chi connectivity index (χ1) is 16.3. The van der Waals surface area contributed by atoms with Crippen LogP contribution < -0.4 is 15.0 Å². The van der Waals surface area contributed by atoms with E-state index in [0.29, 0.717) is 31.2 Å². The lowest BCUT2D eigenvalue weighted by Crippen LogP contribution is -2.52. The molecule has 5 rings (SSSR count). The Balaban J connectivity index is 1.31. The molecule has 0 radical (unpaired) electrons. The van der Waals surface area contributed by atoms with E-state index in [4.69, 9.17) is 4.98 Å². The summed E-state index contributed by atoms with van der Waals surface area (Å²) < 4.78 is 41.7. The van der Waals surface area contributed by atoms with Crippen LogP contribution in [0.1, 0.15) is 11.3 Å². The zero-order valence-corrected chi connectivity index (χ0v) is 18.3. The molecule has 1 atom stereocenters. The summed E-state index contributed by atoms with van der Waals surface area (Å²) in [6, 6.07) is 12.0. The number of benzene rings is 2. The van der Waals surface area contributed by atoms with Crippen molar-refractivity contribution in [2.75, 3.05) is 24.5 Å². The summed E-state index contributed by atoms with van der Waals surface area (Å²) in [6.07, 6.45) is -2.53. The summed E-state index contributed by atoms with van der Waals surface area (Å²) in [6.45, 7) is 4.00. The largest absolute Gasteiger partial charge is 0.573 e. The van der Waals surface area contributed by atoms with Crippen LogP contribution in [0.5, 0.6) is 5.75 Å². The minimum atomic E-state index is -4.71. The molecule has 11 heteroatoms. The standard InChI is InChI=1S/C23H22F3N7O/c1-14-19-11-16(5-6-20(19)31-30-14)22-29-21(12-28-32-22)33-8-7-27-17(13-33)9-15-3-2-4-18(10-15)34-23(24,25)26/h2-6,10-12,17,27H,7-9,13H2,1H3,(H,30,31). The van der Waals surface area contributed by atoms with Crippen LogP contribution in [0.15, 0.2) is 48.7 Å². The quantitative estimate of drug-likeness (QED) is 0.461. The fraction of sp³-hybridized carbons (Fsp3) is 0.304. The minimum Gasteiger partial charge on any atom is -0.406 e. The number of ether oxygens (including phenoxy) is 1. The number of nitrogens with one attached hydrogen (secondary N) is 2. The number of H-pyrrole nitrogens is 1. The monoisotopic (exact) mass is 469 g/mol. The minimum absolute atomic E-state index is 0.0261. The first kappa shape index (κ1) is 22.1. The van der Waals surface area contributed by atoms with Crippen molar-refractivity contribution >= 4 is 16.7 Å². The third-order valence-corrected chi connectivity index (χ3v) is 5.75. The fourth-order valence-corrected chi connectivity index (χ4v) is 4.18. The van der Waals surface area contributed by atoms with Crippen LogP contribution in [-0.2, 0) is 6.42 Å². The van der Waals surface area contributed by atoms with E-state index in [1.807, 2.05) is 25.1 Å². The van der Waals surface area contributed by atoms with Gasteiger partial charge in [-0.1, -0.05) is 12.1 Å². The number of fused-ring (bicyclic) bond motifs is 1. The number of aromatic nitrogens is 5. The van der Waals surface area contributed by atoms with E-state index >= 15 is 0 Å². The second-order valence-corrected chi connectivity index (χ2v) is 8.20. The molecule has 3 heterocycles. The molecule has 0 spiro atoms. The predicted octanol–water partition coefficient (Wildman–Crippen LogP) is 3.64. The summed E-state index contributed by atoms with van der Waals surface area (Å²) in [4.78, 5) is 6.84. The van der Waals surface area contributed by atoms with Gasteiger partial charge in [0.05, 0.1) is 17.4 Å². The summed E-state index contributed by atoms with van der Waals surface area (Å²) in [7, 11) is 0. The lowest BCUT2D eigenvalue weighted by atomic mass is 10.0. The number of piperazine rings is 1. The predicted molar refractivity (Wildman–Crippen MR) is 120 cm³/mol. The van der Waals surface area contributed by atoms with Crippen LogP contribution in [-0.4, -0.2) is 57.4 Å². The van der Waals surface area contributed by atoms with Gasteiger partial charge >= 0.3 is 6.36 Å². The Morgan fingerprint density at radius 1 is 1.18 bits per heavy atom. The Labute approximate surface area is 193 Å². The Bertz CT molecular complexity index is 1310. The highest BCUT2D eigenvalue weighted by molar-refractivity contribution is 5.85. The molecule has 1 aliphatic rings. The maximum atomic E-state index is 12.5. The zero-order valence-electron chi connectivity index (χ0n) is 18.3. The number of halogens is 3. The van der Waals surface area contributed by atoms with E-state index in [1.165, 1.54) is 12.1 Å². The third-order valence-electron chi connectivity index (χ3n) is 5.75. The van der Waals surface area contributed by atoms with E-state index in [1.54, 1.807) is 18.3 Å². The van der Waals surface area contributed by atoms with E-state index in [-0.39, 0.29) is 11.8 Å². The number of aromatic amines is 1. The summed E-state index contributed by atoms with van der Waals surface area (Å²) in [5.41, 5.74) is 3.45. The maximum absolute atomic E-state index is 12.5. The van der Waals surface area contributed by atoms with Crippen LogP contribution in [0.2, 0.25) is 0 Å². The average molecular weight is 469 g/mol. The van der Waals surface area contributed by atoms with Crippen LogP contribution in [0.25, 0.3) is 22.3 Å². The van der Waals surface area contributed by atoms with E-state index < -0.39 is 6.36 Å². The van der Waals surface area contributed by atoms with Gasteiger partial charge < -0.3 is 15.0 Å². The van der Waals surface area contributed by atoms with Gasteiger partial charge in [0, 0.05) is 36.6 Å². The Kier molecular flexibility index (Phi) is 5.78. The maximum Gasteiger partial charge on any atom is 0.573 e. The normalized spacial score (nSPS) is 16.7. The van der Waals surface area contributed by atoms with Gasteiger partial charge in [0.15, 0.2) is 11.6 Å². The smallest absolute Gasteiger partial charge is 0.406 e. The van der Waals surface area contributed by atoms with Gasteiger partial charge in [0.25, 0.3) is 0 Å². The van der Waals surface area contributed by atoms with Gasteiger partial charge in [-0.25, -0.2) is 4.98 Å². The van der Waals surface area contributed by atoms with Gasteiger partial charge in [-0.05, 0) is 49.2 Å². The SMILES string of the molecule is Cc1n[nH]c2ccc(-c3nncc(N4CCNC(Cc5cccc(OC(F)(F)F)c5)C4)n3)cc12. The molecule has 176 valence electrons. The topological polar surface area (TPSA) is 91.9 Å². The summed E-state index contributed by atoms with van der Waals surface area (Å²) >= 11 is 0. The highest BCUT2D eigenvalue weighted by Gasteiger charge is 2.31. The van der Waals surface area contributed by atoms with Crippen LogP contribution in [0.4, 0.5) is 19.0 Å². The number of rotatable bonds is 5. The number of hydrogen-bond donors (Lipinski definition) is 2. The van der Waals surface area contributed by atoms with Crippen molar-refractivity contribution in [3.63, 3.8) is 0 Å². The highest BCUT2D eigenvalue weighted by atomic mass is 19.4. The third kappa shape index (κ3) is 4.93. The molecule has 2 aromatic carbocycles. The summed E-state index contributed by atoms with van der Waals surface area (Å²) in [5.74, 6) is 1.01. The number of hydrogen-bond acceptors (Lipinski definition) is 7. The number of aryl methyl sites for hydroxylation is 1. The van der Waals surface area contributed by atoms with Gasteiger partial charge in [-0.15, -0.1) is 18.3 Å². The molecule has 2 aromatic heterocycles. The van der Waals surface area contributed by atoms with E-state index in [9.17, 15) is 13.2 Å². The highest BCUT2D eigenvalue weighted by Crippen LogP contribution is 2.26. The van der Waals surface area contributed by atoms with Crippen molar-refractivity contribution in [3.8, 4) is 17.1 Å². The first-order valence-corrected chi connectivity index (χ1v) is 10.8. The van der Waals surface area contributed by atoms with Gasteiger partial charge in [0.1, 0.15) is 5.75 Å². The first-order valence-electron chi connectivity index (χ1n) is 10.8. The summed E-state index contributed by atoms with van der Waals surface area (Å²) in [5, 5.41) is 20.0. The molecule has 0 bridgehead atoms. The zero-order chi connectivity index (χ0) is 23.7. The average Bonchev–Trinajstić information content (AvgIpc) is 3.18. The molecule has 34 heavy (non-hydrogen) atoms. The number of anilines is 1. The Morgan fingerprint density at radius 2 is 2.06 bits per heavy atom. The van der Waals surface area contributed by atoms with Gasteiger partial charge in [-0.3, -0.25) is 5.10 Å². The lowest BCUT2D eigenvalue weighted by Gasteiger charge is -2.34. The van der Waals surface area contributed by atoms with Crippen molar-refractivity contribution < 1.29 is 17.9 Å². The van der Waals surface area contributed by atoms with Crippen molar-refractivity contribution in [1.29, 1.82) is 0 Å². The van der Waals surface area contributed by atoms with Crippen LogP contribution >= 0.6 is 0 Å². The molecule has 1 saturated heterocycles. The van der Waals surface area contributed by atoms with E-state index in [0.717, 1.165) is 34.3 Å². The second kappa shape index (κ2) is 8.90. The number of nitrogens with zero attached hydrogens (tertiary/aromatic N) is 5. The van der Waals surface area contributed by atoms with Crippen LogP contribution in [0, 0.1) is 6.92 Å². The van der Waals surface area contributed by atoms with Crippen molar-refractivity contribution in [2.24, 2.45) is 0 Å². The number of alkyl halides is 3. The van der Waals surface area contributed by atoms with Crippen molar-refractivity contribution in [1.82, 2.24) is 30.7 Å². The van der Waals surface area contributed by atoms with Crippen molar-refractivity contribution in [2.45, 2.75) is 25.7 Å². The molecular formula is C23H22F3N7O. The Morgan fingerprint density at radius 3 is 2.91 bits per heavy atom. The Hall–Kier alpha value is -3.73. The van der Waals surface area contributed by atoms with Crippen LogP contribution in [0.3, 0.4) is 0 Å². The molecule has 0 amide bonds. The fourth-order valence-electron chi connectivity index (χ4n) is 4.18. The molecule has 1 unspecified atom stereocenters. The lowest BCUT2D eigenvalue weighted by molar-refractivity contribution is -0.274. The molecule has 1 aliphatic heterocycles. The van der Waals surface area contributed by atoms with E-state index in [2.05, 4.69) is 35.3 Å². The molecule has 4 aromatic rings. The second-order valence-electron chi connectivity index (χ2n) is 8.20. The van der Waals surface area contributed by atoms with Crippen molar-refractivity contribution in [3.05, 3.63) is 59.9 Å². The molecule has 0 saturated carbocycles. The molecular weight excluding hydrogens is 447 g/mol. The molecule has 2 N–H and O–H groups in total. The molecule has 8 nitrogen and oxygen atoms in total.